The number of hydrogen-bond donors (Lipinski definition) is 4. The number of nitrogens with two attached hydrogens (primary N) is 1. The van der Waals surface area contributed by atoms with Crippen LogP contribution in [0.15, 0.2) is 65.6 Å². The highest BCUT2D eigenvalue weighted by atomic mass is 35.5. The highest BCUT2D eigenvalue weighted by Gasteiger charge is 2.20. The summed E-state index contributed by atoms with van der Waals surface area (Å²) >= 11 is 5.66. The molecule has 0 heterocycles. The Kier molecular flexibility index (Phi) is 6.90. The van der Waals surface area contributed by atoms with Crippen LogP contribution in [0.2, 0.25) is 5.02 Å². The highest BCUT2D eigenvalue weighted by molar-refractivity contribution is 7.89. The van der Waals surface area contributed by atoms with E-state index in [1.807, 2.05) is 5.43 Å². The van der Waals surface area contributed by atoms with E-state index >= 15 is 0 Å². The van der Waals surface area contributed by atoms with E-state index in [-0.39, 0.29) is 33.2 Å². The van der Waals surface area contributed by atoms with E-state index in [1.54, 1.807) is 18.2 Å². The van der Waals surface area contributed by atoms with E-state index in [0.29, 0.717) is 11.1 Å². The average molecular weight is 478 g/mol. The molecule has 0 aromatic heterocycles. The minimum Gasteiger partial charge on any atom is -0.478 e. The Morgan fingerprint density at radius 1 is 1.00 bits per heavy atom. The summed E-state index contributed by atoms with van der Waals surface area (Å²) in [6.45, 7) is -0.199. The zero-order valence-electron chi connectivity index (χ0n) is 16.3. The number of hydrazine groups is 1. The molecule has 0 saturated carbocycles. The number of hydrogen-bond acceptors (Lipinski definition) is 5. The Labute approximate surface area is 187 Å². The first-order valence-corrected chi connectivity index (χ1v) is 10.9. The van der Waals surface area contributed by atoms with Crippen molar-refractivity contribution in [1.82, 2.24) is 10.1 Å². The molecule has 3 rings (SSSR count). The molecular formula is C21H17ClFN3O5S. The van der Waals surface area contributed by atoms with Gasteiger partial charge in [0.15, 0.2) is 0 Å². The van der Waals surface area contributed by atoms with Crippen molar-refractivity contribution in [3.8, 4) is 11.1 Å². The molecule has 32 heavy (non-hydrogen) atoms. The number of benzene rings is 3. The normalized spacial score (nSPS) is 11.2. The molecule has 8 nitrogen and oxygen atoms in total. The summed E-state index contributed by atoms with van der Waals surface area (Å²) in [5.74, 6) is 2.63. The number of nitrogen functional groups attached to an aromatic ring is 1. The molecule has 166 valence electrons. The van der Waals surface area contributed by atoms with Gasteiger partial charge in [-0.2, -0.15) is 0 Å². The summed E-state index contributed by atoms with van der Waals surface area (Å²) in [6, 6.07) is 13.5. The van der Waals surface area contributed by atoms with Gasteiger partial charge in [-0.05, 0) is 53.1 Å². The molecule has 3 aromatic rings. The molecule has 0 bridgehead atoms. The number of carboxylic acids is 1. The van der Waals surface area contributed by atoms with Crippen LogP contribution in [0.1, 0.15) is 26.3 Å². The maximum absolute atomic E-state index is 13.3. The van der Waals surface area contributed by atoms with E-state index in [9.17, 15) is 27.5 Å². The topological polar surface area (TPSA) is 139 Å². The van der Waals surface area contributed by atoms with E-state index in [1.165, 1.54) is 24.3 Å². The third kappa shape index (κ3) is 4.94. The summed E-state index contributed by atoms with van der Waals surface area (Å²) in [5.41, 5.74) is 3.01. The molecule has 0 unspecified atom stereocenters. The number of carbonyl (C=O) groups is 2. The predicted octanol–water partition coefficient (Wildman–Crippen LogP) is 2.93. The first-order chi connectivity index (χ1) is 15.1. The van der Waals surface area contributed by atoms with Crippen molar-refractivity contribution < 1.29 is 27.5 Å². The lowest BCUT2D eigenvalue weighted by Gasteiger charge is -2.14. The molecule has 3 aromatic carbocycles. The second kappa shape index (κ2) is 9.45. The van der Waals surface area contributed by atoms with E-state index in [4.69, 9.17) is 17.4 Å². The Hall–Kier alpha value is -3.31. The number of sulfonamides is 1. The second-order valence-electron chi connectivity index (χ2n) is 6.60. The third-order valence-electron chi connectivity index (χ3n) is 4.58. The zero-order valence-corrected chi connectivity index (χ0v) is 17.9. The molecule has 0 aliphatic carbocycles. The van der Waals surface area contributed by atoms with Gasteiger partial charge in [-0.3, -0.25) is 10.2 Å². The van der Waals surface area contributed by atoms with Gasteiger partial charge in [0.25, 0.3) is 5.91 Å². The van der Waals surface area contributed by atoms with Gasteiger partial charge < -0.3 is 5.11 Å². The molecule has 0 fully saturated rings. The summed E-state index contributed by atoms with van der Waals surface area (Å²) in [5, 5.41) is 9.24. The molecule has 1 amide bonds. The van der Waals surface area contributed by atoms with Gasteiger partial charge in [0.05, 0.1) is 15.5 Å². The first kappa shape index (κ1) is 23.4. The molecule has 0 radical (unpaired) electrons. The van der Waals surface area contributed by atoms with Crippen molar-refractivity contribution >= 4 is 33.5 Å². The fourth-order valence-electron chi connectivity index (χ4n) is 3.01. The van der Waals surface area contributed by atoms with E-state index in [2.05, 4.69) is 4.72 Å². The predicted molar refractivity (Wildman–Crippen MR) is 116 cm³/mol. The molecule has 5 N–H and O–H groups in total. The van der Waals surface area contributed by atoms with Crippen LogP contribution in [0.5, 0.6) is 0 Å². The minimum atomic E-state index is -4.03. The number of carbonyl (C=O) groups excluding carboxylic acids is 1. The van der Waals surface area contributed by atoms with Crippen LogP contribution < -0.4 is 16.0 Å². The molecule has 0 saturated heterocycles. The highest BCUT2D eigenvalue weighted by Crippen LogP contribution is 2.29. The van der Waals surface area contributed by atoms with Gasteiger partial charge in [0, 0.05) is 12.1 Å². The van der Waals surface area contributed by atoms with Gasteiger partial charge in [0.1, 0.15) is 5.82 Å². The maximum atomic E-state index is 13.3. The molecule has 0 aliphatic heterocycles. The quantitative estimate of drug-likeness (QED) is 0.234. The first-order valence-electron chi connectivity index (χ1n) is 9.05. The van der Waals surface area contributed by atoms with Gasteiger partial charge in [-0.15, -0.1) is 0 Å². The Bertz CT molecular complexity index is 1310. The fourth-order valence-corrected chi connectivity index (χ4v) is 4.30. The van der Waals surface area contributed by atoms with Gasteiger partial charge in [0.2, 0.25) is 10.0 Å². The van der Waals surface area contributed by atoms with Crippen LogP contribution >= 0.6 is 11.6 Å². The summed E-state index contributed by atoms with van der Waals surface area (Å²) < 4.78 is 40.7. The van der Waals surface area contributed by atoms with E-state index in [0.717, 1.165) is 18.2 Å². The lowest BCUT2D eigenvalue weighted by Crippen LogP contribution is -2.30. The van der Waals surface area contributed by atoms with Crippen LogP contribution in [-0.4, -0.2) is 25.4 Å². The standard InChI is InChI=1S/C21H17ClFN3O5S/c22-18-10-13(6-8-19(18)23)32(30,31)25-11-12-5-7-16(21(28)29)17(9-12)14-3-1-2-4-15(14)20(27)26-24/h1-10,25H,11,24H2,(H,26,27)(H,28,29). The SMILES string of the molecule is NNC(=O)c1ccccc1-c1cc(CNS(=O)(=O)c2ccc(F)c(Cl)c2)ccc1C(=O)O. The Balaban J connectivity index is 1.98. The lowest BCUT2D eigenvalue weighted by molar-refractivity contribution is 0.0697. The Morgan fingerprint density at radius 3 is 2.38 bits per heavy atom. The van der Waals surface area contributed by atoms with Crippen LogP contribution in [0.4, 0.5) is 4.39 Å². The van der Waals surface area contributed by atoms with Crippen molar-refractivity contribution in [3.63, 3.8) is 0 Å². The van der Waals surface area contributed by atoms with Gasteiger partial charge in [-0.1, -0.05) is 35.9 Å². The lowest BCUT2D eigenvalue weighted by atomic mass is 9.93. The summed E-state index contributed by atoms with van der Waals surface area (Å²) in [4.78, 5) is 23.6. The van der Waals surface area contributed by atoms with Crippen LogP contribution in [0, 0.1) is 5.82 Å². The monoisotopic (exact) mass is 477 g/mol. The minimum absolute atomic E-state index is 0.0841. The van der Waals surface area contributed by atoms with Crippen LogP contribution in [0.25, 0.3) is 11.1 Å². The van der Waals surface area contributed by atoms with Crippen molar-refractivity contribution in [3.05, 3.63) is 88.2 Å². The van der Waals surface area contributed by atoms with Crippen LogP contribution in [-0.2, 0) is 16.6 Å². The number of nitrogens with one attached hydrogen (secondary N) is 2. The molecule has 0 spiro atoms. The largest absolute Gasteiger partial charge is 0.478 e. The number of halogens is 2. The number of aromatic carboxylic acids is 1. The van der Waals surface area contributed by atoms with Crippen molar-refractivity contribution in [1.29, 1.82) is 0 Å². The Morgan fingerprint density at radius 2 is 1.72 bits per heavy atom. The smallest absolute Gasteiger partial charge is 0.336 e. The molecular weight excluding hydrogens is 461 g/mol. The average Bonchev–Trinajstić information content (AvgIpc) is 2.78. The zero-order chi connectivity index (χ0) is 23.5. The molecule has 0 aliphatic rings. The van der Waals surface area contributed by atoms with Gasteiger partial charge in [-0.25, -0.2) is 28.2 Å². The third-order valence-corrected chi connectivity index (χ3v) is 6.26. The summed E-state index contributed by atoms with van der Waals surface area (Å²) in [7, 11) is -4.03. The van der Waals surface area contributed by atoms with Crippen molar-refractivity contribution in [2.45, 2.75) is 11.4 Å². The number of amides is 1. The van der Waals surface area contributed by atoms with E-state index < -0.39 is 27.7 Å². The fraction of sp³-hybridized carbons (Fsp3) is 0.0476. The van der Waals surface area contributed by atoms with Crippen LogP contribution in [0.3, 0.4) is 0 Å². The summed E-state index contributed by atoms with van der Waals surface area (Å²) in [6.07, 6.45) is 0. The van der Waals surface area contributed by atoms with Crippen molar-refractivity contribution in [2.75, 3.05) is 0 Å². The second-order valence-corrected chi connectivity index (χ2v) is 8.78. The molecule has 11 heteroatoms. The van der Waals surface area contributed by atoms with Crippen molar-refractivity contribution in [2.24, 2.45) is 5.84 Å². The molecule has 0 atom stereocenters. The van der Waals surface area contributed by atoms with Gasteiger partial charge >= 0.3 is 5.97 Å². The maximum Gasteiger partial charge on any atom is 0.336 e. The number of carboxylic acid groups (broad SMARTS) is 1. The number of rotatable bonds is 7.